The first-order chi connectivity index (χ1) is 12.6. The van der Waals surface area contributed by atoms with Crippen LogP contribution in [0.2, 0.25) is 0 Å². The molecule has 0 bridgehead atoms. The number of nitrogens with one attached hydrogen (secondary N) is 2. The Balaban J connectivity index is 1.87. The van der Waals surface area contributed by atoms with Crippen molar-refractivity contribution in [1.29, 1.82) is 0 Å². The van der Waals surface area contributed by atoms with Crippen LogP contribution in [-0.2, 0) is 0 Å². The van der Waals surface area contributed by atoms with Gasteiger partial charge >= 0.3 is 0 Å². The second-order valence-electron chi connectivity index (χ2n) is 5.70. The summed E-state index contributed by atoms with van der Waals surface area (Å²) in [7, 11) is 0. The normalized spacial score (nSPS) is 10.2. The predicted octanol–water partition coefficient (Wildman–Crippen LogP) is 4.90. The molecule has 0 unspecified atom stereocenters. The van der Waals surface area contributed by atoms with E-state index in [0.717, 1.165) is 11.4 Å². The lowest BCUT2D eigenvalue weighted by molar-refractivity contribution is -0.385. The molecule has 0 saturated carbocycles. The van der Waals surface area contributed by atoms with Gasteiger partial charge in [0, 0.05) is 22.9 Å². The van der Waals surface area contributed by atoms with E-state index in [1.165, 1.54) is 12.1 Å². The number of amides is 1. The van der Waals surface area contributed by atoms with Crippen LogP contribution in [-0.4, -0.2) is 10.8 Å². The molecule has 0 spiro atoms. The molecule has 0 aliphatic rings. The van der Waals surface area contributed by atoms with Gasteiger partial charge in [-0.15, -0.1) is 0 Å². The molecule has 26 heavy (non-hydrogen) atoms. The number of hydrogen-bond acceptors (Lipinski definition) is 4. The van der Waals surface area contributed by atoms with E-state index >= 15 is 0 Å². The molecule has 0 aliphatic heterocycles. The van der Waals surface area contributed by atoms with E-state index in [1.807, 2.05) is 48.5 Å². The molecular weight excluding hydrogens is 330 g/mol. The number of carbonyl (C=O) groups is 1. The Morgan fingerprint density at radius 3 is 2.23 bits per heavy atom. The van der Waals surface area contributed by atoms with E-state index in [1.54, 1.807) is 19.1 Å². The molecule has 1 amide bonds. The molecule has 130 valence electrons. The standard InChI is InChI=1S/C20H17N3O3/c1-14-16(10-7-13-19(14)23(25)26)20(24)22-18-12-6-5-11-17(18)21-15-8-3-2-4-9-15/h2-13,21H,1H3,(H,22,24). The van der Waals surface area contributed by atoms with Crippen LogP contribution in [0.25, 0.3) is 0 Å². The summed E-state index contributed by atoms with van der Waals surface area (Å²) in [5.41, 5.74) is 2.74. The van der Waals surface area contributed by atoms with Crippen molar-refractivity contribution in [2.75, 3.05) is 10.6 Å². The highest BCUT2D eigenvalue weighted by Gasteiger charge is 2.18. The third kappa shape index (κ3) is 3.70. The first-order valence-corrected chi connectivity index (χ1v) is 8.02. The van der Waals surface area contributed by atoms with Gasteiger partial charge in [-0.2, -0.15) is 0 Å². The van der Waals surface area contributed by atoms with Gasteiger partial charge in [-0.1, -0.05) is 36.4 Å². The van der Waals surface area contributed by atoms with Crippen molar-refractivity contribution < 1.29 is 9.72 Å². The molecule has 0 radical (unpaired) electrons. The molecule has 2 N–H and O–H groups in total. The maximum atomic E-state index is 12.7. The lowest BCUT2D eigenvalue weighted by atomic mass is 10.1. The van der Waals surface area contributed by atoms with Gasteiger partial charge in [-0.3, -0.25) is 14.9 Å². The van der Waals surface area contributed by atoms with E-state index in [4.69, 9.17) is 0 Å². The number of nitro benzene ring substituents is 1. The lowest BCUT2D eigenvalue weighted by Gasteiger charge is -2.14. The van der Waals surface area contributed by atoms with Crippen molar-refractivity contribution in [2.24, 2.45) is 0 Å². The third-order valence-electron chi connectivity index (χ3n) is 3.97. The Labute approximate surface area is 150 Å². The van der Waals surface area contributed by atoms with Gasteiger partial charge in [0.15, 0.2) is 0 Å². The van der Waals surface area contributed by atoms with Crippen LogP contribution in [0.15, 0.2) is 72.8 Å². The Bertz CT molecular complexity index is 956. The maximum absolute atomic E-state index is 12.7. The zero-order valence-electron chi connectivity index (χ0n) is 14.1. The quantitative estimate of drug-likeness (QED) is 0.508. The molecule has 0 saturated heterocycles. The Morgan fingerprint density at radius 2 is 1.54 bits per heavy atom. The van der Waals surface area contributed by atoms with Crippen molar-refractivity contribution >= 4 is 28.7 Å². The Hall–Kier alpha value is -3.67. The van der Waals surface area contributed by atoms with Crippen LogP contribution in [0.5, 0.6) is 0 Å². The van der Waals surface area contributed by atoms with E-state index in [0.29, 0.717) is 11.3 Å². The second-order valence-corrected chi connectivity index (χ2v) is 5.70. The van der Waals surface area contributed by atoms with E-state index in [9.17, 15) is 14.9 Å². The first-order valence-electron chi connectivity index (χ1n) is 8.02. The largest absolute Gasteiger partial charge is 0.354 e. The minimum atomic E-state index is -0.489. The van der Waals surface area contributed by atoms with Gasteiger partial charge in [0.25, 0.3) is 11.6 Å². The SMILES string of the molecule is Cc1c(C(=O)Nc2ccccc2Nc2ccccc2)cccc1[N+](=O)[O-]. The summed E-state index contributed by atoms with van der Waals surface area (Å²) in [6.45, 7) is 1.57. The smallest absolute Gasteiger partial charge is 0.273 e. The van der Waals surface area contributed by atoms with Crippen molar-refractivity contribution in [1.82, 2.24) is 0 Å². The lowest BCUT2D eigenvalue weighted by Crippen LogP contribution is -2.15. The average molecular weight is 347 g/mol. The van der Waals surface area contributed by atoms with Crippen LogP contribution in [0.4, 0.5) is 22.7 Å². The number of para-hydroxylation sites is 3. The van der Waals surface area contributed by atoms with Gasteiger partial charge in [0.1, 0.15) is 0 Å². The van der Waals surface area contributed by atoms with Gasteiger partial charge in [0.2, 0.25) is 0 Å². The minimum absolute atomic E-state index is 0.0756. The molecule has 6 heteroatoms. The molecule has 3 aromatic rings. The number of hydrogen-bond donors (Lipinski definition) is 2. The Kier molecular flexibility index (Phi) is 4.94. The fourth-order valence-electron chi connectivity index (χ4n) is 2.63. The summed E-state index contributed by atoms with van der Waals surface area (Å²) in [6, 6.07) is 21.4. The monoisotopic (exact) mass is 347 g/mol. The fourth-order valence-corrected chi connectivity index (χ4v) is 2.63. The van der Waals surface area contributed by atoms with Crippen LogP contribution >= 0.6 is 0 Å². The van der Waals surface area contributed by atoms with E-state index in [-0.39, 0.29) is 11.3 Å². The second kappa shape index (κ2) is 7.48. The topological polar surface area (TPSA) is 84.3 Å². The third-order valence-corrected chi connectivity index (χ3v) is 3.97. The van der Waals surface area contributed by atoms with Gasteiger partial charge in [0.05, 0.1) is 16.3 Å². The minimum Gasteiger partial charge on any atom is -0.354 e. The van der Waals surface area contributed by atoms with Gasteiger partial charge in [-0.05, 0) is 37.3 Å². The number of rotatable bonds is 5. The van der Waals surface area contributed by atoms with E-state index in [2.05, 4.69) is 10.6 Å². The summed E-state index contributed by atoms with van der Waals surface area (Å²) in [4.78, 5) is 23.2. The fraction of sp³-hybridized carbons (Fsp3) is 0.0500. The van der Waals surface area contributed by atoms with E-state index < -0.39 is 10.8 Å². The molecule has 3 aromatic carbocycles. The molecule has 0 heterocycles. The average Bonchev–Trinajstić information content (AvgIpc) is 2.64. The molecular formula is C20H17N3O3. The van der Waals surface area contributed by atoms with Crippen molar-refractivity contribution in [3.05, 3.63) is 94.0 Å². The number of nitro groups is 1. The van der Waals surface area contributed by atoms with Crippen molar-refractivity contribution in [2.45, 2.75) is 6.92 Å². The molecule has 0 aliphatic carbocycles. The highest BCUT2D eigenvalue weighted by atomic mass is 16.6. The number of carbonyl (C=O) groups excluding carboxylic acids is 1. The van der Waals surface area contributed by atoms with Crippen LogP contribution < -0.4 is 10.6 Å². The van der Waals surface area contributed by atoms with Gasteiger partial charge in [-0.25, -0.2) is 0 Å². The molecule has 0 aromatic heterocycles. The summed E-state index contributed by atoms with van der Waals surface area (Å²) < 4.78 is 0. The summed E-state index contributed by atoms with van der Waals surface area (Å²) in [5.74, 6) is -0.395. The van der Waals surface area contributed by atoms with Crippen LogP contribution in [0.3, 0.4) is 0 Å². The van der Waals surface area contributed by atoms with Crippen molar-refractivity contribution in [3.63, 3.8) is 0 Å². The van der Waals surface area contributed by atoms with Crippen LogP contribution in [0, 0.1) is 17.0 Å². The molecule has 0 fully saturated rings. The number of benzene rings is 3. The molecule has 0 atom stereocenters. The zero-order chi connectivity index (χ0) is 18.5. The van der Waals surface area contributed by atoms with Crippen LogP contribution in [0.1, 0.15) is 15.9 Å². The highest BCUT2D eigenvalue weighted by molar-refractivity contribution is 6.07. The zero-order valence-corrected chi connectivity index (χ0v) is 14.1. The highest BCUT2D eigenvalue weighted by Crippen LogP contribution is 2.27. The Morgan fingerprint density at radius 1 is 0.885 bits per heavy atom. The molecule has 6 nitrogen and oxygen atoms in total. The number of anilines is 3. The first kappa shape index (κ1) is 17.2. The van der Waals surface area contributed by atoms with Crippen molar-refractivity contribution in [3.8, 4) is 0 Å². The summed E-state index contributed by atoms with van der Waals surface area (Å²) in [5, 5.41) is 17.2. The maximum Gasteiger partial charge on any atom is 0.273 e. The predicted molar refractivity (Wildman–Crippen MR) is 102 cm³/mol. The summed E-state index contributed by atoms with van der Waals surface area (Å²) >= 11 is 0. The summed E-state index contributed by atoms with van der Waals surface area (Å²) in [6.07, 6.45) is 0. The molecule has 3 rings (SSSR count). The number of nitrogens with zero attached hydrogens (tertiary/aromatic N) is 1. The van der Waals surface area contributed by atoms with Gasteiger partial charge < -0.3 is 10.6 Å².